The molecule has 0 saturated heterocycles. The number of thioether (sulfide) groups is 1. The smallest absolute Gasteiger partial charge is 0.234 e. The number of hydrogen-bond donors (Lipinski definition) is 2. The third-order valence-electron chi connectivity index (χ3n) is 3.29. The zero-order valence-corrected chi connectivity index (χ0v) is 13.8. The molecule has 1 amide bonds. The Morgan fingerprint density at radius 1 is 1.19 bits per heavy atom. The first-order valence-corrected chi connectivity index (χ1v) is 8.49. The molecule has 0 saturated carbocycles. The van der Waals surface area contributed by atoms with E-state index in [1.807, 2.05) is 30.3 Å². The second-order valence-corrected chi connectivity index (χ2v) is 6.85. The number of benzene rings is 2. The van der Waals surface area contributed by atoms with Gasteiger partial charge in [0.15, 0.2) is 0 Å². The molecule has 0 aliphatic carbocycles. The van der Waals surface area contributed by atoms with Crippen LogP contribution in [-0.2, 0) is 17.9 Å². The summed E-state index contributed by atoms with van der Waals surface area (Å²) in [6, 6.07) is 14.1. The number of carbonyl (C=O) groups excluding carboxylic acids is 1. The molecular formula is C16H15BrN2OS. The Morgan fingerprint density at radius 2 is 2.05 bits per heavy atom. The van der Waals surface area contributed by atoms with Crippen LogP contribution in [0.25, 0.3) is 0 Å². The van der Waals surface area contributed by atoms with Crippen molar-refractivity contribution in [2.45, 2.75) is 18.0 Å². The number of nitrogens with one attached hydrogen (secondary N) is 2. The Bertz CT molecular complexity index is 675. The Balaban J connectivity index is 1.57. The minimum Gasteiger partial charge on any atom is -0.325 e. The fraction of sp³-hybridized carbons (Fsp3) is 0.188. The molecule has 3 nitrogen and oxygen atoms in total. The molecule has 2 aromatic rings. The molecular weight excluding hydrogens is 348 g/mol. The first-order valence-electron chi connectivity index (χ1n) is 6.71. The van der Waals surface area contributed by atoms with Crippen molar-refractivity contribution in [1.29, 1.82) is 0 Å². The van der Waals surface area contributed by atoms with E-state index in [-0.39, 0.29) is 5.91 Å². The van der Waals surface area contributed by atoms with E-state index in [0.29, 0.717) is 5.75 Å². The lowest BCUT2D eigenvalue weighted by Gasteiger charge is -2.07. The number of fused-ring (bicyclic) bond motifs is 1. The van der Waals surface area contributed by atoms with Gasteiger partial charge in [0.1, 0.15) is 0 Å². The highest BCUT2D eigenvalue weighted by Gasteiger charge is 2.11. The van der Waals surface area contributed by atoms with E-state index in [4.69, 9.17) is 0 Å². The van der Waals surface area contributed by atoms with E-state index < -0.39 is 0 Å². The van der Waals surface area contributed by atoms with Gasteiger partial charge in [0.05, 0.1) is 5.75 Å². The van der Waals surface area contributed by atoms with Crippen molar-refractivity contribution in [1.82, 2.24) is 5.32 Å². The highest BCUT2D eigenvalue weighted by atomic mass is 79.9. The Hall–Kier alpha value is -1.30. The molecule has 2 aromatic carbocycles. The number of carbonyl (C=O) groups is 1. The van der Waals surface area contributed by atoms with Gasteiger partial charge in [-0.05, 0) is 41.5 Å². The largest absolute Gasteiger partial charge is 0.325 e. The molecule has 3 rings (SSSR count). The van der Waals surface area contributed by atoms with Gasteiger partial charge >= 0.3 is 0 Å². The molecule has 21 heavy (non-hydrogen) atoms. The average Bonchev–Trinajstić information content (AvgIpc) is 2.93. The van der Waals surface area contributed by atoms with Gasteiger partial charge in [0.2, 0.25) is 5.91 Å². The van der Waals surface area contributed by atoms with Crippen molar-refractivity contribution >= 4 is 39.3 Å². The minimum absolute atomic E-state index is 0.0193. The van der Waals surface area contributed by atoms with E-state index >= 15 is 0 Å². The summed E-state index contributed by atoms with van der Waals surface area (Å²) < 4.78 is 1.03. The van der Waals surface area contributed by atoms with Gasteiger partial charge in [0, 0.05) is 28.1 Å². The van der Waals surface area contributed by atoms with Crippen molar-refractivity contribution in [3.05, 3.63) is 58.1 Å². The zero-order valence-electron chi connectivity index (χ0n) is 11.4. The molecule has 0 fully saturated rings. The first-order chi connectivity index (χ1) is 10.2. The lowest BCUT2D eigenvalue weighted by molar-refractivity contribution is -0.113. The van der Waals surface area contributed by atoms with Crippen LogP contribution in [0.1, 0.15) is 11.1 Å². The normalized spacial score (nSPS) is 13.0. The van der Waals surface area contributed by atoms with E-state index in [0.717, 1.165) is 28.1 Å². The van der Waals surface area contributed by atoms with Gasteiger partial charge in [0.25, 0.3) is 0 Å². The fourth-order valence-corrected chi connectivity index (χ4v) is 3.58. The maximum Gasteiger partial charge on any atom is 0.234 e. The molecule has 2 N–H and O–H groups in total. The first kappa shape index (κ1) is 14.6. The molecule has 5 heteroatoms. The van der Waals surface area contributed by atoms with Gasteiger partial charge < -0.3 is 10.6 Å². The van der Waals surface area contributed by atoms with Crippen molar-refractivity contribution in [2.75, 3.05) is 11.1 Å². The molecule has 0 spiro atoms. The molecule has 0 bridgehead atoms. The van der Waals surface area contributed by atoms with Crippen molar-refractivity contribution in [3.8, 4) is 0 Å². The predicted molar refractivity (Wildman–Crippen MR) is 90.5 cm³/mol. The number of rotatable bonds is 4. The van der Waals surface area contributed by atoms with Gasteiger partial charge in [-0.2, -0.15) is 0 Å². The standard InChI is InChI=1S/C16H15BrN2OS/c17-13-2-1-3-15(7-13)21-10-16(20)19-14-5-4-11-8-18-9-12(11)6-14/h1-7,18H,8-10H2,(H,19,20). The monoisotopic (exact) mass is 362 g/mol. The van der Waals surface area contributed by atoms with E-state index in [1.54, 1.807) is 0 Å². The van der Waals surface area contributed by atoms with Crippen LogP contribution < -0.4 is 10.6 Å². The number of anilines is 1. The van der Waals surface area contributed by atoms with Gasteiger partial charge in [-0.15, -0.1) is 11.8 Å². The van der Waals surface area contributed by atoms with Crippen LogP contribution >= 0.6 is 27.7 Å². The van der Waals surface area contributed by atoms with E-state index in [9.17, 15) is 4.79 Å². The maximum atomic E-state index is 12.0. The number of hydrogen-bond acceptors (Lipinski definition) is 3. The van der Waals surface area contributed by atoms with Crippen molar-refractivity contribution < 1.29 is 4.79 Å². The van der Waals surface area contributed by atoms with Gasteiger partial charge in [-0.3, -0.25) is 4.79 Å². The highest BCUT2D eigenvalue weighted by Crippen LogP contribution is 2.23. The second kappa shape index (κ2) is 6.64. The SMILES string of the molecule is O=C(CSc1cccc(Br)c1)Nc1ccc2c(c1)CNC2. The summed E-state index contributed by atoms with van der Waals surface area (Å²) in [6.45, 7) is 1.80. The van der Waals surface area contributed by atoms with Crippen molar-refractivity contribution in [2.24, 2.45) is 0 Å². The third-order valence-corrected chi connectivity index (χ3v) is 4.77. The summed E-state index contributed by atoms with van der Waals surface area (Å²) >= 11 is 4.96. The minimum atomic E-state index is 0.0193. The average molecular weight is 363 g/mol. The van der Waals surface area contributed by atoms with Crippen LogP contribution in [0.4, 0.5) is 5.69 Å². The molecule has 0 unspecified atom stereocenters. The molecule has 0 radical (unpaired) electrons. The molecule has 1 heterocycles. The van der Waals surface area contributed by atoms with Crippen LogP contribution in [0.2, 0.25) is 0 Å². The lowest BCUT2D eigenvalue weighted by atomic mass is 10.1. The molecule has 1 aliphatic rings. The molecule has 108 valence electrons. The molecule has 1 aliphatic heterocycles. The van der Waals surface area contributed by atoms with E-state index in [1.165, 1.54) is 22.9 Å². The summed E-state index contributed by atoms with van der Waals surface area (Å²) in [5, 5.41) is 6.26. The third kappa shape index (κ3) is 3.87. The van der Waals surface area contributed by atoms with Crippen LogP contribution in [-0.4, -0.2) is 11.7 Å². The second-order valence-electron chi connectivity index (χ2n) is 4.88. The van der Waals surface area contributed by atoms with Gasteiger partial charge in [-0.1, -0.05) is 28.1 Å². The number of halogens is 1. The summed E-state index contributed by atoms with van der Waals surface area (Å²) in [7, 11) is 0. The van der Waals surface area contributed by atoms with Gasteiger partial charge in [-0.25, -0.2) is 0 Å². The van der Waals surface area contributed by atoms with E-state index in [2.05, 4.69) is 38.7 Å². The Kier molecular flexibility index (Phi) is 4.63. The Morgan fingerprint density at radius 3 is 2.90 bits per heavy atom. The highest BCUT2D eigenvalue weighted by molar-refractivity contribution is 9.10. The topological polar surface area (TPSA) is 41.1 Å². The fourth-order valence-electron chi connectivity index (χ4n) is 2.28. The molecule has 0 aromatic heterocycles. The van der Waals surface area contributed by atoms with Crippen LogP contribution in [0.5, 0.6) is 0 Å². The maximum absolute atomic E-state index is 12.0. The summed E-state index contributed by atoms with van der Waals surface area (Å²) in [5.41, 5.74) is 3.46. The van der Waals surface area contributed by atoms with Crippen LogP contribution in [0.3, 0.4) is 0 Å². The quantitative estimate of drug-likeness (QED) is 0.813. The summed E-state index contributed by atoms with van der Waals surface area (Å²) in [5.74, 6) is 0.428. The predicted octanol–water partition coefficient (Wildman–Crippen LogP) is 3.78. The molecule has 0 atom stereocenters. The zero-order chi connectivity index (χ0) is 14.7. The number of amides is 1. The van der Waals surface area contributed by atoms with Crippen molar-refractivity contribution in [3.63, 3.8) is 0 Å². The lowest BCUT2D eigenvalue weighted by Crippen LogP contribution is -2.14. The van der Waals surface area contributed by atoms with Crippen LogP contribution in [0.15, 0.2) is 51.8 Å². The van der Waals surface area contributed by atoms with Crippen LogP contribution in [0, 0.1) is 0 Å². The Labute approximate surface area is 136 Å². The summed E-state index contributed by atoms with van der Waals surface area (Å²) in [6.07, 6.45) is 0. The summed E-state index contributed by atoms with van der Waals surface area (Å²) in [4.78, 5) is 13.1.